The molecule has 2 aromatic carbocycles. The molecule has 1 fully saturated rings. The number of benzene rings is 2. The summed E-state index contributed by atoms with van der Waals surface area (Å²) in [7, 11) is 0. The molecule has 0 saturated carbocycles. The molecule has 1 amide bonds. The van der Waals surface area contributed by atoms with Crippen LogP contribution in [0.2, 0.25) is 0 Å². The van der Waals surface area contributed by atoms with Crippen LogP contribution in [-0.2, 0) is 14.3 Å². The Hall–Kier alpha value is -3.06. The number of ether oxygens (including phenoxy) is 1. The molecule has 2 heterocycles. The molecular formula is C26H30FN3O3. The molecule has 174 valence electrons. The number of halogens is 1. The van der Waals surface area contributed by atoms with Crippen molar-refractivity contribution >= 4 is 17.6 Å². The Morgan fingerprint density at radius 3 is 2.64 bits per heavy atom. The van der Waals surface area contributed by atoms with E-state index in [2.05, 4.69) is 0 Å². The Balaban J connectivity index is 1.55. The topological polar surface area (TPSA) is 62.2 Å². The maximum atomic E-state index is 13.4. The molecular weight excluding hydrogens is 421 g/mol. The quantitative estimate of drug-likeness (QED) is 0.621. The highest BCUT2D eigenvalue weighted by atomic mass is 19.1. The van der Waals surface area contributed by atoms with Crippen LogP contribution < -0.4 is 0 Å². The molecule has 2 atom stereocenters. The van der Waals surface area contributed by atoms with Crippen molar-refractivity contribution in [2.24, 2.45) is 11.0 Å². The van der Waals surface area contributed by atoms with Crippen molar-refractivity contribution in [3.8, 4) is 0 Å². The van der Waals surface area contributed by atoms with Gasteiger partial charge in [0.25, 0.3) is 5.91 Å². The van der Waals surface area contributed by atoms with Gasteiger partial charge in [-0.3, -0.25) is 14.5 Å². The van der Waals surface area contributed by atoms with Gasteiger partial charge < -0.3 is 4.74 Å². The number of likely N-dealkylation sites (tertiary alicyclic amines) is 1. The number of esters is 1. The maximum Gasteiger partial charge on any atom is 0.310 e. The molecule has 0 spiro atoms. The molecule has 0 aromatic heterocycles. The maximum absolute atomic E-state index is 13.4. The monoisotopic (exact) mass is 451 g/mol. The van der Waals surface area contributed by atoms with Crippen molar-refractivity contribution in [3.63, 3.8) is 0 Å². The molecule has 0 N–H and O–H groups in total. The van der Waals surface area contributed by atoms with Crippen molar-refractivity contribution in [1.29, 1.82) is 0 Å². The third-order valence-corrected chi connectivity index (χ3v) is 6.38. The summed E-state index contributed by atoms with van der Waals surface area (Å²) in [6.07, 6.45) is 2.20. The molecule has 0 aliphatic carbocycles. The van der Waals surface area contributed by atoms with E-state index in [1.54, 1.807) is 24.1 Å². The Bertz CT molecular complexity index is 1040. The number of aryl methyl sites for hydroxylation is 1. The van der Waals surface area contributed by atoms with E-state index in [9.17, 15) is 14.0 Å². The average molecular weight is 452 g/mol. The summed E-state index contributed by atoms with van der Waals surface area (Å²) >= 11 is 0. The Morgan fingerprint density at radius 1 is 1.15 bits per heavy atom. The number of carbonyl (C=O) groups excluding carboxylic acids is 2. The predicted molar refractivity (Wildman–Crippen MR) is 124 cm³/mol. The minimum Gasteiger partial charge on any atom is -0.466 e. The highest BCUT2D eigenvalue weighted by Crippen LogP contribution is 2.34. The summed E-state index contributed by atoms with van der Waals surface area (Å²) in [5, 5.41) is 6.27. The summed E-state index contributed by atoms with van der Waals surface area (Å²) in [4.78, 5) is 27.7. The highest BCUT2D eigenvalue weighted by Gasteiger charge is 2.35. The van der Waals surface area contributed by atoms with Gasteiger partial charge in [-0.15, -0.1) is 0 Å². The number of hydrogen-bond acceptors (Lipinski definition) is 5. The van der Waals surface area contributed by atoms with Crippen LogP contribution in [-0.4, -0.2) is 53.7 Å². The molecule has 7 heteroatoms. The van der Waals surface area contributed by atoms with Gasteiger partial charge >= 0.3 is 5.97 Å². The number of nitrogens with zero attached hydrogens (tertiary/aromatic N) is 3. The fourth-order valence-electron chi connectivity index (χ4n) is 4.68. The molecule has 33 heavy (non-hydrogen) atoms. The lowest BCUT2D eigenvalue weighted by molar-refractivity contribution is -0.150. The minimum atomic E-state index is -0.304. The van der Waals surface area contributed by atoms with Crippen molar-refractivity contribution in [3.05, 3.63) is 71.0 Å². The molecule has 0 bridgehead atoms. The number of piperidine rings is 1. The Labute approximate surface area is 194 Å². The number of rotatable bonds is 6. The zero-order chi connectivity index (χ0) is 23.4. The third kappa shape index (κ3) is 5.30. The van der Waals surface area contributed by atoms with E-state index < -0.39 is 0 Å². The Kier molecular flexibility index (Phi) is 7.18. The number of hydrogen-bond donors (Lipinski definition) is 0. The second-order valence-electron chi connectivity index (χ2n) is 8.69. The van der Waals surface area contributed by atoms with Crippen molar-refractivity contribution < 1.29 is 18.7 Å². The first-order valence-electron chi connectivity index (χ1n) is 11.6. The lowest BCUT2D eigenvalue weighted by atomic mass is 9.95. The fourth-order valence-corrected chi connectivity index (χ4v) is 4.68. The van der Waals surface area contributed by atoms with E-state index in [0.29, 0.717) is 19.6 Å². The van der Waals surface area contributed by atoms with Gasteiger partial charge in [0, 0.05) is 13.0 Å². The first-order chi connectivity index (χ1) is 16.0. The van der Waals surface area contributed by atoms with Gasteiger partial charge in [-0.25, -0.2) is 9.40 Å². The van der Waals surface area contributed by atoms with Gasteiger partial charge in [-0.05, 0) is 62.1 Å². The summed E-state index contributed by atoms with van der Waals surface area (Å²) < 4.78 is 18.6. The molecule has 6 nitrogen and oxygen atoms in total. The zero-order valence-corrected chi connectivity index (χ0v) is 19.2. The molecule has 2 aliphatic heterocycles. The fraction of sp³-hybridized carbons (Fsp3) is 0.423. The predicted octanol–water partition coefficient (Wildman–Crippen LogP) is 4.09. The summed E-state index contributed by atoms with van der Waals surface area (Å²) in [5.74, 6) is -0.799. The van der Waals surface area contributed by atoms with Crippen LogP contribution in [0.4, 0.5) is 4.39 Å². The second-order valence-corrected chi connectivity index (χ2v) is 8.69. The lowest BCUT2D eigenvalue weighted by Gasteiger charge is -2.32. The SMILES string of the molecule is CCOC(=O)[C@@H]1CCCN(CC(=O)N2N=C(c3ccc(F)cc3)C[C@H]2c2ccccc2C)C1. The van der Waals surface area contributed by atoms with Crippen LogP contribution in [0.15, 0.2) is 53.6 Å². The van der Waals surface area contributed by atoms with E-state index in [4.69, 9.17) is 9.84 Å². The van der Waals surface area contributed by atoms with E-state index in [0.717, 1.165) is 41.8 Å². The first-order valence-corrected chi connectivity index (χ1v) is 11.6. The van der Waals surface area contributed by atoms with Gasteiger partial charge in [0.15, 0.2) is 0 Å². The Morgan fingerprint density at radius 2 is 1.91 bits per heavy atom. The van der Waals surface area contributed by atoms with Crippen LogP contribution in [0, 0.1) is 18.7 Å². The number of carbonyl (C=O) groups is 2. The lowest BCUT2D eigenvalue weighted by Crippen LogP contribution is -2.44. The third-order valence-electron chi connectivity index (χ3n) is 6.38. The van der Waals surface area contributed by atoms with Crippen molar-refractivity contribution in [1.82, 2.24) is 9.91 Å². The van der Waals surface area contributed by atoms with E-state index >= 15 is 0 Å². The molecule has 2 aliphatic rings. The standard InChI is InChI=1S/C26H30FN3O3/c1-3-33-26(32)20-8-6-14-29(16-20)17-25(31)30-24(22-9-5-4-7-18(22)2)15-23(28-30)19-10-12-21(27)13-11-19/h4-5,7,9-13,20,24H,3,6,8,14-17H2,1-2H3/t20-,24+/m1/s1. The average Bonchev–Trinajstić information content (AvgIpc) is 3.25. The number of amides is 1. The van der Waals surface area contributed by atoms with E-state index in [1.165, 1.54) is 12.1 Å². The van der Waals surface area contributed by atoms with Crippen LogP contribution >= 0.6 is 0 Å². The number of hydrazone groups is 1. The van der Waals surface area contributed by atoms with Gasteiger partial charge in [0.1, 0.15) is 5.82 Å². The van der Waals surface area contributed by atoms with Gasteiger partial charge in [-0.1, -0.05) is 36.4 Å². The van der Waals surface area contributed by atoms with Crippen LogP contribution in [0.3, 0.4) is 0 Å². The van der Waals surface area contributed by atoms with E-state index in [1.807, 2.05) is 36.1 Å². The smallest absolute Gasteiger partial charge is 0.310 e. The second kappa shape index (κ2) is 10.3. The minimum absolute atomic E-state index is 0.107. The molecule has 0 radical (unpaired) electrons. The van der Waals surface area contributed by atoms with Crippen LogP contribution in [0.5, 0.6) is 0 Å². The summed E-state index contributed by atoms with van der Waals surface area (Å²) in [6.45, 7) is 5.67. The van der Waals surface area contributed by atoms with Gasteiger partial charge in [0.2, 0.25) is 0 Å². The molecule has 4 rings (SSSR count). The molecule has 2 aromatic rings. The van der Waals surface area contributed by atoms with Crippen LogP contribution in [0.25, 0.3) is 0 Å². The van der Waals surface area contributed by atoms with Crippen molar-refractivity contribution in [2.75, 3.05) is 26.2 Å². The van der Waals surface area contributed by atoms with Gasteiger partial charge in [0.05, 0.1) is 30.8 Å². The highest BCUT2D eigenvalue weighted by molar-refractivity contribution is 6.03. The normalized spacial score (nSPS) is 21.1. The van der Waals surface area contributed by atoms with Crippen LogP contribution in [0.1, 0.15) is 48.9 Å². The first kappa shape index (κ1) is 23.1. The van der Waals surface area contributed by atoms with Crippen molar-refractivity contribution in [2.45, 2.75) is 39.2 Å². The largest absolute Gasteiger partial charge is 0.466 e. The molecule has 0 unspecified atom stereocenters. The van der Waals surface area contributed by atoms with E-state index in [-0.39, 0.29) is 36.2 Å². The molecule has 1 saturated heterocycles. The van der Waals surface area contributed by atoms with Gasteiger partial charge in [-0.2, -0.15) is 5.10 Å². The summed E-state index contributed by atoms with van der Waals surface area (Å²) in [5.41, 5.74) is 3.72. The summed E-state index contributed by atoms with van der Waals surface area (Å²) in [6, 6.07) is 14.0. The zero-order valence-electron chi connectivity index (χ0n) is 19.2.